The molecule has 3 aliphatic rings. The second-order valence-corrected chi connectivity index (χ2v) is 8.42. The molecule has 2 atom stereocenters. The Bertz CT molecular complexity index is 648. The number of allylic oxidation sites excluding steroid dienone is 1. The van der Waals surface area contributed by atoms with E-state index in [0.29, 0.717) is 11.8 Å². The maximum Gasteiger partial charge on any atom is 0.0463 e. The van der Waals surface area contributed by atoms with Crippen molar-refractivity contribution in [3.05, 3.63) is 59.3 Å². The molecule has 0 aliphatic heterocycles. The third-order valence-electron chi connectivity index (χ3n) is 6.99. The zero-order chi connectivity index (χ0) is 17.3. The van der Waals surface area contributed by atoms with Crippen molar-refractivity contribution in [2.24, 2.45) is 28.7 Å². The highest BCUT2D eigenvalue weighted by molar-refractivity contribution is 5.41. The van der Waals surface area contributed by atoms with Gasteiger partial charge >= 0.3 is 0 Å². The van der Waals surface area contributed by atoms with Crippen LogP contribution >= 0.6 is 0 Å². The van der Waals surface area contributed by atoms with E-state index in [1.807, 2.05) is 0 Å². The molecular weight excluding hydrogens is 304 g/mol. The highest BCUT2D eigenvalue weighted by Crippen LogP contribution is 2.51. The molecule has 0 amide bonds. The van der Waals surface area contributed by atoms with Gasteiger partial charge in [-0.2, -0.15) is 0 Å². The van der Waals surface area contributed by atoms with Crippen LogP contribution in [0.4, 0.5) is 0 Å². The van der Waals surface area contributed by atoms with Crippen LogP contribution in [-0.4, -0.2) is 6.04 Å². The van der Waals surface area contributed by atoms with E-state index in [9.17, 15) is 0 Å². The predicted molar refractivity (Wildman–Crippen MR) is 105 cm³/mol. The van der Waals surface area contributed by atoms with Crippen molar-refractivity contribution in [3.63, 3.8) is 0 Å². The van der Waals surface area contributed by atoms with Crippen molar-refractivity contribution in [2.45, 2.75) is 63.8 Å². The van der Waals surface area contributed by atoms with Crippen LogP contribution in [0.3, 0.4) is 0 Å². The van der Waals surface area contributed by atoms with Gasteiger partial charge in [-0.3, -0.25) is 0 Å². The van der Waals surface area contributed by atoms with Crippen LogP contribution < -0.4 is 11.5 Å². The summed E-state index contributed by atoms with van der Waals surface area (Å²) in [5.41, 5.74) is 17.4. The average molecular weight is 337 g/mol. The number of benzene rings is 1. The topological polar surface area (TPSA) is 52.0 Å². The lowest BCUT2D eigenvalue weighted by Gasteiger charge is -2.43. The van der Waals surface area contributed by atoms with Gasteiger partial charge in [-0.15, -0.1) is 0 Å². The number of hydrogen-bond donors (Lipinski definition) is 2. The Hall–Kier alpha value is -1.54. The van der Waals surface area contributed by atoms with Crippen LogP contribution in [0.25, 0.3) is 0 Å². The quantitative estimate of drug-likeness (QED) is 0.783. The van der Waals surface area contributed by atoms with E-state index in [-0.39, 0.29) is 11.5 Å². The zero-order valence-corrected chi connectivity index (χ0v) is 15.3. The summed E-state index contributed by atoms with van der Waals surface area (Å²) in [6.07, 6.45) is 16.1. The van der Waals surface area contributed by atoms with Crippen LogP contribution in [0.5, 0.6) is 0 Å². The molecule has 2 saturated carbocycles. The molecule has 2 unspecified atom stereocenters. The summed E-state index contributed by atoms with van der Waals surface area (Å²) in [7, 11) is 0. The highest BCUT2D eigenvalue weighted by atomic mass is 14.7. The van der Waals surface area contributed by atoms with Crippen LogP contribution in [-0.2, 0) is 6.42 Å². The van der Waals surface area contributed by atoms with Crippen LogP contribution in [0.1, 0.15) is 56.9 Å². The van der Waals surface area contributed by atoms with E-state index >= 15 is 0 Å². The molecule has 0 heterocycles. The van der Waals surface area contributed by atoms with Gasteiger partial charge in [0, 0.05) is 17.2 Å². The van der Waals surface area contributed by atoms with Gasteiger partial charge in [-0.1, -0.05) is 68.2 Å². The van der Waals surface area contributed by atoms with E-state index in [1.165, 1.54) is 62.5 Å². The Morgan fingerprint density at radius 1 is 0.920 bits per heavy atom. The van der Waals surface area contributed by atoms with Crippen molar-refractivity contribution in [1.29, 1.82) is 0 Å². The largest absolute Gasteiger partial charge is 0.401 e. The third kappa shape index (κ3) is 3.06. The Kier molecular flexibility index (Phi) is 4.73. The Morgan fingerprint density at radius 2 is 1.56 bits per heavy atom. The molecule has 3 aliphatic carbocycles. The van der Waals surface area contributed by atoms with Gasteiger partial charge in [0.15, 0.2) is 0 Å². The fourth-order valence-electron chi connectivity index (χ4n) is 5.68. The molecule has 2 nitrogen and oxygen atoms in total. The minimum atomic E-state index is -0.0222. The normalized spacial score (nSPS) is 31.2. The Balaban J connectivity index is 1.77. The molecule has 2 heteroatoms. The molecule has 1 aromatic carbocycles. The molecule has 25 heavy (non-hydrogen) atoms. The van der Waals surface area contributed by atoms with Crippen LogP contribution in [0, 0.1) is 17.3 Å². The van der Waals surface area contributed by atoms with Crippen molar-refractivity contribution >= 4 is 0 Å². The zero-order valence-electron chi connectivity index (χ0n) is 15.3. The molecule has 2 fully saturated rings. The second-order valence-electron chi connectivity index (χ2n) is 8.42. The highest BCUT2D eigenvalue weighted by Gasteiger charge is 2.45. The summed E-state index contributed by atoms with van der Waals surface area (Å²) in [6, 6.07) is 10.9. The minimum absolute atomic E-state index is 0.0217. The second kappa shape index (κ2) is 6.99. The first-order chi connectivity index (χ1) is 12.2. The summed E-state index contributed by atoms with van der Waals surface area (Å²) in [4.78, 5) is 0. The average Bonchev–Trinajstić information content (AvgIpc) is 3.33. The van der Waals surface area contributed by atoms with Crippen LogP contribution in [0.15, 0.2) is 53.8 Å². The molecule has 0 aromatic heterocycles. The Morgan fingerprint density at radius 3 is 2.24 bits per heavy atom. The smallest absolute Gasteiger partial charge is 0.0463 e. The van der Waals surface area contributed by atoms with E-state index in [2.05, 4.69) is 42.5 Å². The van der Waals surface area contributed by atoms with E-state index in [1.54, 1.807) is 0 Å². The summed E-state index contributed by atoms with van der Waals surface area (Å²) in [5, 5.41) is 0. The number of hydrogen-bond acceptors (Lipinski definition) is 2. The monoisotopic (exact) mass is 336 g/mol. The van der Waals surface area contributed by atoms with Gasteiger partial charge in [-0.25, -0.2) is 0 Å². The fraction of sp³-hybridized carbons (Fsp3) is 0.565. The Labute approximate surface area is 152 Å². The maximum atomic E-state index is 7.00. The first-order valence-electron chi connectivity index (χ1n) is 10.2. The lowest BCUT2D eigenvalue weighted by molar-refractivity contribution is 0.266. The number of rotatable bonds is 4. The summed E-state index contributed by atoms with van der Waals surface area (Å²) >= 11 is 0. The minimum Gasteiger partial charge on any atom is -0.401 e. The molecule has 4 N–H and O–H groups in total. The SMILES string of the molecule is NC1=C(C2CCCC2)C(N)C=CC1(Cc1ccccc1)C1CCCC1. The van der Waals surface area contributed by atoms with E-state index in [4.69, 9.17) is 11.5 Å². The lowest BCUT2D eigenvalue weighted by atomic mass is 9.63. The van der Waals surface area contributed by atoms with Crippen LogP contribution in [0.2, 0.25) is 0 Å². The molecule has 0 bridgehead atoms. The number of nitrogens with two attached hydrogens (primary N) is 2. The van der Waals surface area contributed by atoms with Crippen molar-refractivity contribution < 1.29 is 0 Å². The van der Waals surface area contributed by atoms with Gasteiger partial charge in [0.2, 0.25) is 0 Å². The van der Waals surface area contributed by atoms with Gasteiger partial charge in [-0.05, 0) is 55.1 Å². The summed E-state index contributed by atoms with van der Waals surface area (Å²) in [6.45, 7) is 0. The van der Waals surface area contributed by atoms with Gasteiger partial charge in [0.1, 0.15) is 0 Å². The predicted octanol–water partition coefficient (Wildman–Crippen LogP) is 4.71. The molecule has 1 aromatic rings. The van der Waals surface area contributed by atoms with Gasteiger partial charge in [0.25, 0.3) is 0 Å². The molecule has 0 spiro atoms. The summed E-state index contributed by atoms with van der Waals surface area (Å²) in [5.74, 6) is 1.27. The van der Waals surface area contributed by atoms with Gasteiger partial charge < -0.3 is 11.5 Å². The molecular formula is C23H32N2. The van der Waals surface area contributed by atoms with E-state index < -0.39 is 0 Å². The van der Waals surface area contributed by atoms with Crippen molar-refractivity contribution in [1.82, 2.24) is 0 Å². The van der Waals surface area contributed by atoms with E-state index in [0.717, 1.165) is 12.1 Å². The molecule has 0 saturated heterocycles. The summed E-state index contributed by atoms with van der Waals surface area (Å²) < 4.78 is 0. The third-order valence-corrected chi connectivity index (χ3v) is 6.99. The first-order valence-corrected chi connectivity index (χ1v) is 10.2. The fourth-order valence-corrected chi connectivity index (χ4v) is 5.68. The van der Waals surface area contributed by atoms with Gasteiger partial charge in [0.05, 0.1) is 0 Å². The van der Waals surface area contributed by atoms with Crippen molar-refractivity contribution in [2.75, 3.05) is 0 Å². The molecule has 134 valence electrons. The molecule has 0 radical (unpaired) electrons. The first kappa shape index (κ1) is 16.9. The standard InChI is InChI=1S/C23H32N2/c24-20-14-15-23(19-12-6-7-13-19,16-17-8-2-1-3-9-17)22(25)21(20)18-10-4-5-11-18/h1-3,8-9,14-15,18-20H,4-7,10-13,16,24-25H2. The maximum absolute atomic E-state index is 7.00. The molecule has 4 rings (SSSR count). The van der Waals surface area contributed by atoms with Crippen molar-refractivity contribution in [3.8, 4) is 0 Å². The lowest BCUT2D eigenvalue weighted by Crippen LogP contribution is -2.43.